The van der Waals surface area contributed by atoms with Gasteiger partial charge in [0.15, 0.2) is 0 Å². The van der Waals surface area contributed by atoms with Crippen LogP contribution in [0, 0.1) is 0 Å². The monoisotopic (exact) mass is 470 g/mol. The molecule has 0 heterocycles. The molecule has 0 aliphatic rings. The summed E-state index contributed by atoms with van der Waals surface area (Å²) in [7, 11) is 0. The summed E-state index contributed by atoms with van der Waals surface area (Å²) in [5.41, 5.74) is 0. The van der Waals surface area contributed by atoms with Gasteiger partial charge in [0.2, 0.25) is 0 Å². The van der Waals surface area contributed by atoms with Crippen LogP contribution in [0.4, 0.5) is 0 Å². The maximum atomic E-state index is 9.64. The summed E-state index contributed by atoms with van der Waals surface area (Å²) in [6.45, 7) is 8.41. The van der Waals surface area contributed by atoms with Crippen molar-refractivity contribution in [2.75, 3.05) is 26.4 Å². The molecule has 4 unspecified atom stereocenters. The van der Waals surface area contributed by atoms with Crippen LogP contribution in [0.15, 0.2) is 0 Å². The lowest BCUT2D eigenvalue weighted by Crippen LogP contribution is -2.21. The summed E-state index contributed by atoms with van der Waals surface area (Å²) in [5, 5.41) is 51.6. The first-order chi connectivity index (χ1) is 15.0. The highest BCUT2D eigenvalue weighted by Crippen LogP contribution is 2.04. The third-order valence-electron chi connectivity index (χ3n) is 3.98. The molecule has 0 rings (SSSR count). The number of ether oxygens (including phenoxy) is 2. The summed E-state index contributed by atoms with van der Waals surface area (Å²) >= 11 is 0. The lowest BCUT2D eigenvalue weighted by Gasteiger charge is -2.14. The molecule has 4 atom stereocenters. The van der Waals surface area contributed by atoms with Crippen molar-refractivity contribution >= 4 is 11.9 Å². The average Bonchev–Trinajstić information content (AvgIpc) is 2.75. The first kappa shape index (κ1) is 35.3. The van der Waals surface area contributed by atoms with Gasteiger partial charge in [0.1, 0.15) is 0 Å². The van der Waals surface area contributed by atoms with Crippen molar-refractivity contribution in [2.45, 2.75) is 103 Å². The van der Waals surface area contributed by atoms with Gasteiger partial charge in [-0.1, -0.05) is 39.5 Å². The Morgan fingerprint density at radius 2 is 1.12 bits per heavy atom. The Balaban J connectivity index is -0.000000406. The molecule has 6 N–H and O–H groups in total. The number of hydrogen-bond donors (Lipinski definition) is 6. The second-order valence-corrected chi connectivity index (χ2v) is 7.53. The number of rotatable bonds is 17. The van der Waals surface area contributed by atoms with Crippen molar-refractivity contribution in [2.24, 2.45) is 0 Å². The van der Waals surface area contributed by atoms with Gasteiger partial charge in [-0.2, -0.15) is 0 Å². The summed E-state index contributed by atoms with van der Waals surface area (Å²) in [5.74, 6) is -2.15. The van der Waals surface area contributed by atoms with E-state index in [0.29, 0.717) is 13.2 Å². The second kappa shape index (κ2) is 26.0. The molecular weight excluding hydrogens is 424 g/mol. The molecule has 0 fully saturated rings. The molecule has 32 heavy (non-hydrogen) atoms. The van der Waals surface area contributed by atoms with Gasteiger partial charge in [-0.25, -0.2) is 0 Å². The van der Waals surface area contributed by atoms with Crippen LogP contribution in [-0.2, 0) is 19.1 Å². The Bertz CT molecular complexity index is 406. The molecule has 0 aliphatic heterocycles. The van der Waals surface area contributed by atoms with E-state index in [9.17, 15) is 19.8 Å². The Morgan fingerprint density at radius 1 is 0.719 bits per heavy atom. The topological polar surface area (TPSA) is 174 Å². The number of aliphatic carboxylic acids is 2. The molecule has 10 heteroatoms. The van der Waals surface area contributed by atoms with E-state index in [-0.39, 0.29) is 50.5 Å². The standard InChI is InChI=1S/C10H22O3.C8H18O3.C4H6O4/c1-3-4-5-6-10(12)8-13-9(2)7-11;1-3-4-8(10)6-11-7(2)5-9;5-3(6)1-2-4(7)8/h9-12H,3-8H2,1-2H3;7-10H,3-6H2,1-2H3;1-2H2,(H,5,6)(H,7,8). The molecule has 0 spiro atoms. The highest BCUT2D eigenvalue weighted by molar-refractivity contribution is 5.75. The summed E-state index contributed by atoms with van der Waals surface area (Å²) < 4.78 is 10.3. The van der Waals surface area contributed by atoms with Crippen LogP contribution in [0.3, 0.4) is 0 Å². The van der Waals surface area contributed by atoms with Crippen molar-refractivity contribution in [1.82, 2.24) is 0 Å². The van der Waals surface area contributed by atoms with Crippen LogP contribution < -0.4 is 0 Å². The zero-order valence-electron chi connectivity index (χ0n) is 20.1. The third-order valence-corrected chi connectivity index (χ3v) is 3.98. The zero-order chi connectivity index (χ0) is 25.4. The second-order valence-electron chi connectivity index (χ2n) is 7.53. The van der Waals surface area contributed by atoms with Crippen molar-refractivity contribution in [3.05, 3.63) is 0 Å². The van der Waals surface area contributed by atoms with E-state index in [1.54, 1.807) is 13.8 Å². The molecule has 0 amide bonds. The Kier molecular flexibility index (Phi) is 28.6. The van der Waals surface area contributed by atoms with E-state index >= 15 is 0 Å². The van der Waals surface area contributed by atoms with Crippen molar-refractivity contribution in [3.63, 3.8) is 0 Å². The van der Waals surface area contributed by atoms with E-state index < -0.39 is 11.9 Å². The molecule has 0 aromatic carbocycles. The number of carbonyl (C=O) groups is 2. The van der Waals surface area contributed by atoms with Crippen LogP contribution in [0.25, 0.3) is 0 Å². The molecule has 0 aliphatic carbocycles. The predicted molar refractivity (Wildman–Crippen MR) is 121 cm³/mol. The normalized spacial score (nSPS) is 14.1. The van der Waals surface area contributed by atoms with Gasteiger partial charge in [0.25, 0.3) is 0 Å². The first-order valence-corrected chi connectivity index (χ1v) is 11.3. The number of unbranched alkanes of at least 4 members (excludes halogenated alkanes) is 2. The molecular formula is C22H46O10. The first-order valence-electron chi connectivity index (χ1n) is 11.3. The summed E-state index contributed by atoms with van der Waals surface area (Å²) in [4.78, 5) is 19.3. The minimum atomic E-state index is -1.08. The number of aliphatic hydroxyl groups is 4. The van der Waals surface area contributed by atoms with Gasteiger partial charge in [-0.15, -0.1) is 0 Å². The van der Waals surface area contributed by atoms with Crippen molar-refractivity contribution in [3.8, 4) is 0 Å². The average molecular weight is 471 g/mol. The number of carboxylic acid groups (broad SMARTS) is 2. The maximum Gasteiger partial charge on any atom is 0.303 e. The number of aliphatic hydroxyl groups excluding tert-OH is 4. The lowest BCUT2D eigenvalue weighted by molar-refractivity contribution is -0.143. The molecule has 0 saturated carbocycles. The zero-order valence-corrected chi connectivity index (χ0v) is 20.1. The molecule has 0 aromatic heterocycles. The van der Waals surface area contributed by atoms with Gasteiger partial charge in [-0.05, 0) is 26.7 Å². The molecule has 10 nitrogen and oxygen atoms in total. The quantitative estimate of drug-likeness (QED) is 0.172. The summed E-state index contributed by atoms with van der Waals surface area (Å²) in [6.07, 6.45) is 4.21. The Morgan fingerprint density at radius 3 is 1.44 bits per heavy atom. The van der Waals surface area contributed by atoms with Gasteiger partial charge >= 0.3 is 11.9 Å². The van der Waals surface area contributed by atoms with Gasteiger partial charge in [-0.3, -0.25) is 9.59 Å². The van der Waals surface area contributed by atoms with E-state index in [2.05, 4.69) is 6.92 Å². The van der Waals surface area contributed by atoms with Crippen LogP contribution in [0.5, 0.6) is 0 Å². The minimum Gasteiger partial charge on any atom is -0.481 e. The smallest absolute Gasteiger partial charge is 0.303 e. The molecule has 0 bridgehead atoms. The van der Waals surface area contributed by atoms with Crippen molar-refractivity contribution < 1.29 is 49.7 Å². The minimum absolute atomic E-state index is 0.0127. The van der Waals surface area contributed by atoms with E-state index in [0.717, 1.165) is 32.1 Å². The molecule has 0 saturated heterocycles. The molecule has 0 radical (unpaired) electrons. The van der Waals surface area contributed by atoms with Gasteiger partial charge in [0, 0.05) is 0 Å². The van der Waals surface area contributed by atoms with Crippen LogP contribution in [0.1, 0.15) is 79.1 Å². The number of carboxylic acids is 2. The number of hydrogen-bond acceptors (Lipinski definition) is 8. The van der Waals surface area contributed by atoms with E-state index in [1.807, 2.05) is 6.92 Å². The highest BCUT2D eigenvalue weighted by atomic mass is 16.5. The van der Waals surface area contributed by atoms with E-state index in [4.69, 9.17) is 29.9 Å². The van der Waals surface area contributed by atoms with Crippen LogP contribution in [-0.4, -0.2) is 93.4 Å². The fourth-order valence-electron chi connectivity index (χ4n) is 2.00. The molecule has 0 aromatic rings. The summed E-state index contributed by atoms with van der Waals surface area (Å²) in [6, 6.07) is 0. The maximum absolute atomic E-state index is 9.64. The molecule has 194 valence electrons. The van der Waals surface area contributed by atoms with Gasteiger partial charge in [0.05, 0.1) is 63.7 Å². The lowest BCUT2D eigenvalue weighted by atomic mass is 10.1. The van der Waals surface area contributed by atoms with Gasteiger partial charge < -0.3 is 40.1 Å². The van der Waals surface area contributed by atoms with E-state index in [1.165, 1.54) is 6.42 Å². The van der Waals surface area contributed by atoms with Crippen LogP contribution in [0.2, 0.25) is 0 Å². The fraction of sp³-hybridized carbons (Fsp3) is 0.909. The SMILES string of the molecule is CCCC(O)COC(C)CO.CCCCCC(O)COC(C)CO.O=C(O)CCC(=O)O. The Hall–Kier alpha value is -1.30. The predicted octanol–water partition coefficient (Wildman–Crippen LogP) is 1.81. The van der Waals surface area contributed by atoms with Crippen molar-refractivity contribution in [1.29, 1.82) is 0 Å². The third kappa shape index (κ3) is 33.3. The Labute approximate surface area is 192 Å². The van der Waals surface area contributed by atoms with Crippen LogP contribution >= 0.6 is 0 Å². The highest BCUT2D eigenvalue weighted by Gasteiger charge is 2.07. The fourth-order valence-corrected chi connectivity index (χ4v) is 2.00. The largest absolute Gasteiger partial charge is 0.481 e.